The Morgan fingerprint density at radius 1 is 1.37 bits per heavy atom. The number of aryl methyl sites for hydroxylation is 1. The number of carboxylic acids is 1. The van der Waals surface area contributed by atoms with Crippen molar-refractivity contribution in [2.45, 2.75) is 38.4 Å². The average molecular weight is 379 g/mol. The highest BCUT2D eigenvalue weighted by molar-refractivity contribution is 5.81. The molecule has 1 aliphatic rings. The maximum Gasteiger partial charge on any atom is 0.388 e. The Hall–Kier alpha value is -2.74. The van der Waals surface area contributed by atoms with Gasteiger partial charge in [-0.05, 0) is 49.1 Å². The highest BCUT2D eigenvalue weighted by Crippen LogP contribution is 2.43. The molecule has 1 atom stereocenters. The van der Waals surface area contributed by atoms with Gasteiger partial charge in [0.25, 0.3) is 5.88 Å². The zero-order valence-corrected chi connectivity index (χ0v) is 14.7. The molecule has 8 heteroatoms. The van der Waals surface area contributed by atoms with Crippen LogP contribution >= 0.6 is 0 Å². The van der Waals surface area contributed by atoms with Gasteiger partial charge in [-0.25, -0.2) is 9.78 Å². The van der Waals surface area contributed by atoms with E-state index in [-0.39, 0.29) is 17.4 Å². The Labute approximate surface area is 154 Å². The number of halogens is 2. The predicted octanol–water partition coefficient (Wildman–Crippen LogP) is 4.13. The lowest BCUT2D eigenvalue weighted by Gasteiger charge is -2.27. The number of aliphatic carboxylic acids is 1. The molecule has 6 nitrogen and oxygen atoms in total. The molecule has 3 rings (SSSR count). The Kier molecular flexibility index (Phi) is 5.55. The lowest BCUT2D eigenvalue weighted by atomic mass is 9.88. The molecule has 144 valence electrons. The molecule has 0 spiro atoms. The fourth-order valence-corrected chi connectivity index (χ4v) is 3.08. The highest BCUT2D eigenvalue weighted by atomic mass is 19.3. The number of rotatable bonds is 7. The summed E-state index contributed by atoms with van der Waals surface area (Å²) in [7, 11) is 0. The van der Waals surface area contributed by atoms with Gasteiger partial charge >= 0.3 is 12.6 Å². The Morgan fingerprint density at radius 2 is 2.19 bits per heavy atom. The first-order valence-electron chi connectivity index (χ1n) is 8.54. The van der Waals surface area contributed by atoms with Gasteiger partial charge < -0.3 is 19.3 Å². The van der Waals surface area contributed by atoms with Crippen molar-refractivity contribution in [3.63, 3.8) is 0 Å². The monoisotopic (exact) mass is 379 g/mol. The number of hydrogen-bond donors (Lipinski definition) is 1. The molecule has 1 aromatic carbocycles. The van der Waals surface area contributed by atoms with Gasteiger partial charge in [0.2, 0.25) is 0 Å². The van der Waals surface area contributed by atoms with Crippen LogP contribution in [0.3, 0.4) is 0 Å². The van der Waals surface area contributed by atoms with Gasteiger partial charge in [-0.2, -0.15) is 8.78 Å². The molecule has 1 aliphatic heterocycles. The van der Waals surface area contributed by atoms with Gasteiger partial charge in [0.15, 0.2) is 11.4 Å². The van der Waals surface area contributed by atoms with Crippen LogP contribution in [-0.4, -0.2) is 29.3 Å². The molecule has 1 fully saturated rings. The summed E-state index contributed by atoms with van der Waals surface area (Å²) in [5, 5.41) is 9.83. The number of ether oxygens (including phenoxy) is 3. The summed E-state index contributed by atoms with van der Waals surface area (Å²) in [5.74, 6) is -1.34. The van der Waals surface area contributed by atoms with Crippen LogP contribution in [-0.2, 0) is 21.6 Å². The van der Waals surface area contributed by atoms with Crippen LogP contribution < -0.4 is 9.47 Å². The first kappa shape index (κ1) is 19.0. The summed E-state index contributed by atoms with van der Waals surface area (Å²) in [6, 6.07) is 8.05. The fourth-order valence-electron chi connectivity index (χ4n) is 3.08. The second kappa shape index (κ2) is 7.87. The smallest absolute Gasteiger partial charge is 0.388 e. The van der Waals surface area contributed by atoms with Gasteiger partial charge in [-0.15, -0.1) is 0 Å². The van der Waals surface area contributed by atoms with Crippen LogP contribution in [0.25, 0.3) is 0 Å². The van der Waals surface area contributed by atoms with E-state index < -0.39 is 18.2 Å². The van der Waals surface area contributed by atoms with Crippen molar-refractivity contribution in [1.29, 1.82) is 0 Å². The molecule has 1 saturated heterocycles. The molecular weight excluding hydrogens is 360 g/mol. The highest BCUT2D eigenvalue weighted by Gasteiger charge is 2.47. The van der Waals surface area contributed by atoms with E-state index in [0.717, 1.165) is 5.56 Å². The van der Waals surface area contributed by atoms with E-state index in [0.29, 0.717) is 31.4 Å². The SMILES string of the molecule is CCc1ccc(Oc2cccnc2OC(F)F)c(C2(C(=O)O)CCCO2)c1. The molecule has 1 aromatic heterocycles. The van der Waals surface area contributed by atoms with Crippen LogP contribution in [0.1, 0.15) is 30.9 Å². The van der Waals surface area contributed by atoms with Crippen LogP contribution in [0, 0.1) is 0 Å². The van der Waals surface area contributed by atoms with E-state index in [1.54, 1.807) is 18.2 Å². The number of alkyl halides is 2. The third-order valence-electron chi connectivity index (χ3n) is 4.41. The predicted molar refractivity (Wildman–Crippen MR) is 91.3 cm³/mol. The van der Waals surface area contributed by atoms with Crippen molar-refractivity contribution < 1.29 is 32.9 Å². The molecule has 27 heavy (non-hydrogen) atoms. The third-order valence-corrected chi connectivity index (χ3v) is 4.41. The Morgan fingerprint density at radius 3 is 2.81 bits per heavy atom. The van der Waals surface area contributed by atoms with Crippen molar-refractivity contribution in [2.75, 3.05) is 6.61 Å². The van der Waals surface area contributed by atoms with Gasteiger partial charge in [-0.1, -0.05) is 13.0 Å². The van der Waals surface area contributed by atoms with E-state index in [1.807, 2.05) is 6.92 Å². The molecule has 0 amide bonds. The zero-order valence-electron chi connectivity index (χ0n) is 14.7. The maximum absolute atomic E-state index is 12.6. The lowest BCUT2D eigenvalue weighted by Crippen LogP contribution is -2.35. The number of carbonyl (C=O) groups is 1. The Bertz CT molecular complexity index is 821. The van der Waals surface area contributed by atoms with Crippen LogP contribution in [0.2, 0.25) is 0 Å². The van der Waals surface area contributed by atoms with Crippen LogP contribution in [0.15, 0.2) is 36.5 Å². The van der Waals surface area contributed by atoms with Crippen molar-refractivity contribution in [3.8, 4) is 17.4 Å². The molecule has 0 aliphatic carbocycles. The topological polar surface area (TPSA) is 77.9 Å². The van der Waals surface area contributed by atoms with Gasteiger partial charge in [0.05, 0.1) is 0 Å². The molecule has 1 unspecified atom stereocenters. The van der Waals surface area contributed by atoms with E-state index in [4.69, 9.17) is 9.47 Å². The van der Waals surface area contributed by atoms with Gasteiger partial charge in [0.1, 0.15) is 5.75 Å². The number of hydrogen-bond acceptors (Lipinski definition) is 5. The number of benzene rings is 1. The lowest BCUT2D eigenvalue weighted by molar-refractivity contribution is -0.161. The van der Waals surface area contributed by atoms with Crippen molar-refractivity contribution in [2.24, 2.45) is 0 Å². The number of pyridine rings is 1. The average Bonchev–Trinajstić information content (AvgIpc) is 3.14. The summed E-state index contributed by atoms with van der Waals surface area (Å²) in [6.45, 7) is -0.805. The molecule has 2 heterocycles. The van der Waals surface area contributed by atoms with Crippen LogP contribution in [0.5, 0.6) is 17.4 Å². The molecule has 0 radical (unpaired) electrons. The van der Waals surface area contributed by atoms with Crippen molar-refractivity contribution in [3.05, 3.63) is 47.7 Å². The summed E-state index contributed by atoms with van der Waals surface area (Å²) in [5.41, 5.74) is -0.283. The summed E-state index contributed by atoms with van der Waals surface area (Å²) in [6.07, 6.45) is 2.87. The van der Waals surface area contributed by atoms with E-state index in [2.05, 4.69) is 9.72 Å². The largest absolute Gasteiger partial charge is 0.479 e. The number of nitrogens with zero attached hydrogens (tertiary/aromatic N) is 1. The summed E-state index contributed by atoms with van der Waals surface area (Å²) in [4.78, 5) is 15.8. The molecule has 1 N–H and O–H groups in total. The quantitative estimate of drug-likeness (QED) is 0.779. The van der Waals surface area contributed by atoms with Crippen LogP contribution in [0.4, 0.5) is 8.78 Å². The van der Waals surface area contributed by atoms with Crippen molar-refractivity contribution in [1.82, 2.24) is 4.98 Å². The van der Waals surface area contributed by atoms with E-state index in [1.165, 1.54) is 18.3 Å². The standard InChI is InChI=1S/C19H19F2NO5/c1-2-12-6-7-14(13(11-12)19(17(23)24)8-4-10-25-19)26-15-5-3-9-22-16(15)27-18(20)21/h3,5-7,9,11,18H,2,4,8,10H2,1H3,(H,23,24). The molecule has 0 bridgehead atoms. The third kappa shape index (κ3) is 3.85. The number of aromatic nitrogens is 1. The minimum atomic E-state index is -3.06. The molecule has 2 aromatic rings. The minimum Gasteiger partial charge on any atom is -0.479 e. The second-order valence-electron chi connectivity index (χ2n) is 6.06. The molecule has 0 saturated carbocycles. The minimum absolute atomic E-state index is 0.0400. The summed E-state index contributed by atoms with van der Waals surface area (Å²) >= 11 is 0. The van der Waals surface area contributed by atoms with Gasteiger partial charge in [-0.3, -0.25) is 0 Å². The van der Waals surface area contributed by atoms with Crippen molar-refractivity contribution >= 4 is 5.97 Å². The fraction of sp³-hybridized carbons (Fsp3) is 0.368. The first-order chi connectivity index (χ1) is 13.0. The number of carboxylic acid groups (broad SMARTS) is 1. The second-order valence-corrected chi connectivity index (χ2v) is 6.06. The molecular formula is C19H19F2NO5. The van der Waals surface area contributed by atoms with E-state index >= 15 is 0 Å². The first-order valence-corrected chi connectivity index (χ1v) is 8.54. The maximum atomic E-state index is 12.6. The normalized spacial score (nSPS) is 19.3. The zero-order chi connectivity index (χ0) is 19.4. The Balaban J connectivity index is 2.06. The van der Waals surface area contributed by atoms with Gasteiger partial charge in [0, 0.05) is 18.4 Å². The summed E-state index contributed by atoms with van der Waals surface area (Å²) < 4.78 is 41.0. The van der Waals surface area contributed by atoms with E-state index in [9.17, 15) is 18.7 Å².